The summed E-state index contributed by atoms with van der Waals surface area (Å²) < 4.78 is 55.1. The van der Waals surface area contributed by atoms with Gasteiger partial charge >= 0.3 is 6.18 Å². The second-order valence-corrected chi connectivity index (χ2v) is 7.26. The number of benzene rings is 1. The van der Waals surface area contributed by atoms with Gasteiger partial charge in [-0.2, -0.15) is 13.2 Å². The smallest absolute Gasteiger partial charge is 0.416 e. The molecule has 1 aliphatic rings. The second kappa shape index (κ2) is 11.8. The Morgan fingerprint density at radius 3 is 2.77 bits per heavy atom. The molecule has 0 saturated carbocycles. The molecular weight excluding hydrogens is 411 g/mol. The molecule has 1 atom stereocenters. The first-order chi connectivity index (χ1) is 15.0. The van der Waals surface area contributed by atoms with Crippen molar-refractivity contribution in [3.8, 4) is 0 Å². The molecule has 2 heterocycles. The quantitative estimate of drug-likeness (QED) is 0.335. The SMILES string of the molecule is FC(F)(F)c1cccc(CN=C(NCCCOC2CCOC2)NCCc2ccco2)c1. The van der Waals surface area contributed by atoms with Crippen LogP contribution < -0.4 is 10.6 Å². The molecule has 1 aromatic carbocycles. The maximum Gasteiger partial charge on any atom is 0.416 e. The lowest BCUT2D eigenvalue weighted by atomic mass is 10.1. The molecule has 2 N–H and O–H groups in total. The Bertz CT molecular complexity index is 804. The van der Waals surface area contributed by atoms with E-state index >= 15 is 0 Å². The third-order valence-corrected chi connectivity index (χ3v) is 4.77. The van der Waals surface area contributed by atoms with Gasteiger partial charge in [-0.3, -0.25) is 0 Å². The van der Waals surface area contributed by atoms with Crippen molar-refractivity contribution in [1.82, 2.24) is 10.6 Å². The van der Waals surface area contributed by atoms with Crippen LogP contribution in [0, 0.1) is 0 Å². The average molecular weight is 439 g/mol. The van der Waals surface area contributed by atoms with Crippen molar-refractivity contribution >= 4 is 5.96 Å². The molecule has 31 heavy (non-hydrogen) atoms. The van der Waals surface area contributed by atoms with E-state index in [2.05, 4.69) is 15.6 Å². The second-order valence-electron chi connectivity index (χ2n) is 7.26. The fourth-order valence-electron chi connectivity index (χ4n) is 3.12. The summed E-state index contributed by atoms with van der Waals surface area (Å²) in [5.74, 6) is 1.38. The minimum absolute atomic E-state index is 0.135. The van der Waals surface area contributed by atoms with Crippen LogP contribution in [0.25, 0.3) is 0 Å². The lowest BCUT2D eigenvalue weighted by Crippen LogP contribution is -2.39. The van der Waals surface area contributed by atoms with Gasteiger partial charge in [0.25, 0.3) is 0 Å². The molecule has 1 unspecified atom stereocenters. The average Bonchev–Trinajstić information content (AvgIpc) is 3.45. The fraction of sp³-hybridized carbons (Fsp3) is 0.500. The molecular formula is C22H28F3N3O3. The van der Waals surface area contributed by atoms with Crippen LogP contribution in [-0.4, -0.2) is 45.0 Å². The van der Waals surface area contributed by atoms with Crippen LogP contribution in [0.3, 0.4) is 0 Å². The number of ether oxygens (including phenoxy) is 2. The molecule has 1 aliphatic heterocycles. The maximum absolute atomic E-state index is 12.9. The molecule has 0 spiro atoms. The zero-order valence-electron chi connectivity index (χ0n) is 17.3. The number of hydrogen-bond acceptors (Lipinski definition) is 4. The minimum Gasteiger partial charge on any atom is -0.469 e. The highest BCUT2D eigenvalue weighted by Crippen LogP contribution is 2.29. The molecule has 170 valence electrons. The molecule has 0 aliphatic carbocycles. The molecule has 2 aromatic rings. The summed E-state index contributed by atoms with van der Waals surface area (Å²) in [7, 11) is 0. The van der Waals surface area contributed by atoms with Crippen LogP contribution in [0.15, 0.2) is 52.1 Å². The van der Waals surface area contributed by atoms with Gasteiger partial charge in [-0.1, -0.05) is 12.1 Å². The van der Waals surface area contributed by atoms with Crippen molar-refractivity contribution < 1.29 is 27.1 Å². The number of aliphatic imine (C=N–C) groups is 1. The number of nitrogens with zero attached hydrogens (tertiary/aromatic N) is 1. The lowest BCUT2D eigenvalue weighted by Gasteiger charge is -2.14. The largest absolute Gasteiger partial charge is 0.469 e. The van der Waals surface area contributed by atoms with E-state index in [4.69, 9.17) is 13.9 Å². The number of halogens is 3. The van der Waals surface area contributed by atoms with Crippen molar-refractivity contribution in [3.63, 3.8) is 0 Å². The highest BCUT2D eigenvalue weighted by atomic mass is 19.4. The summed E-state index contributed by atoms with van der Waals surface area (Å²) in [5.41, 5.74) is -0.181. The first-order valence-electron chi connectivity index (χ1n) is 10.4. The van der Waals surface area contributed by atoms with Crippen LogP contribution in [0.4, 0.5) is 13.2 Å². The van der Waals surface area contributed by atoms with Gasteiger partial charge in [-0.25, -0.2) is 4.99 Å². The van der Waals surface area contributed by atoms with E-state index in [1.807, 2.05) is 12.1 Å². The number of alkyl halides is 3. The first-order valence-corrected chi connectivity index (χ1v) is 10.4. The number of hydrogen-bond donors (Lipinski definition) is 2. The Labute approximate surface area is 179 Å². The molecule has 3 rings (SSSR count). The van der Waals surface area contributed by atoms with Crippen LogP contribution >= 0.6 is 0 Å². The van der Waals surface area contributed by atoms with Crippen molar-refractivity contribution in [3.05, 3.63) is 59.5 Å². The summed E-state index contributed by atoms with van der Waals surface area (Å²) >= 11 is 0. The monoisotopic (exact) mass is 439 g/mol. The van der Waals surface area contributed by atoms with Gasteiger partial charge in [0, 0.05) is 32.7 Å². The van der Waals surface area contributed by atoms with E-state index < -0.39 is 11.7 Å². The van der Waals surface area contributed by atoms with Crippen molar-refractivity contribution in [2.45, 2.75) is 38.1 Å². The Morgan fingerprint density at radius 1 is 1.16 bits per heavy atom. The zero-order chi connectivity index (χ0) is 21.9. The van der Waals surface area contributed by atoms with Gasteiger partial charge in [0.15, 0.2) is 5.96 Å². The lowest BCUT2D eigenvalue weighted by molar-refractivity contribution is -0.137. The molecule has 1 aromatic heterocycles. The van der Waals surface area contributed by atoms with Crippen molar-refractivity contribution in [2.75, 3.05) is 32.9 Å². The molecule has 0 radical (unpaired) electrons. The topological polar surface area (TPSA) is 68.0 Å². The zero-order valence-corrected chi connectivity index (χ0v) is 17.3. The Kier molecular flexibility index (Phi) is 8.78. The predicted molar refractivity (Wildman–Crippen MR) is 111 cm³/mol. The van der Waals surface area contributed by atoms with E-state index in [0.717, 1.165) is 37.3 Å². The van der Waals surface area contributed by atoms with Gasteiger partial charge in [0.05, 0.1) is 31.1 Å². The summed E-state index contributed by atoms with van der Waals surface area (Å²) in [6.45, 7) is 3.34. The number of furan rings is 1. The Morgan fingerprint density at radius 2 is 2.03 bits per heavy atom. The van der Waals surface area contributed by atoms with Gasteiger partial charge in [-0.15, -0.1) is 0 Å². The number of guanidine groups is 1. The fourth-order valence-corrected chi connectivity index (χ4v) is 3.12. The van der Waals surface area contributed by atoms with Crippen LogP contribution in [0.5, 0.6) is 0 Å². The molecule has 1 fully saturated rings. The van der Waals surface area contributed by atoms with E-state index in [1.165, 1.54) is 6.07 Å². The third-order valence-electron chi connectivity index (χ3n) is 4.77. The third kappa shape index (κ3) is 8.26. The van der Waals surface area contributed by atoms with E-state index in [-0.39, 0.29) is 12.6 Å². The summed E-state index contributed by atoms with van der Waals surface area (Å²) in [6.07, 6.45) is -0.217. The molecule has 0 amide bonds. The molecule has 1 saturated heterocycles. The highest BCUT2D eigenvalue weighted by molar-refractivity contribution is 5.79. The molecule has 0 bridgehead atoms. The van der Waals surface area contributed by atoms with Gasteiger partial charge < -0.3 is 24.5 Å². The van der Waals surface area contributed by atoms with E-state index in [1.54, 1.807) is 12.3 Å². The summed E-state index contributed by atoms with van der Waals surface area (Å²) in [6, 6.07) is 8.93. The van der Waals surface area contributed by atoms with Gasteiger partial charge in [0.1, 0.15) is 5.76 Å². The molecule has 6 nitrogen and oxygen atoms in total. The standard InChI is InChI=1S/C22H28F3N3O3/c23-22(24,25)18-5-1-4-17(14-18)15-28-21(27-10-7-19-6-2-11-30-19)26-9-3-12-31-20-8-13-29-16-20/h1-2,4-6,11,14,20H,3,7-10,12-13,15-16H2,(H2,26,27,28). The van der Waals surface area contributed by atoms with Crippen LogP contribution in [0.2, 0.25) is 0 Å². The van der Waals surface area contributed by atoms with Crippen molar-refractivity contribution in [2.24, 2.45) is 4.99 Å². The summed E-state index contributed by atoms with van der Waals surface area (Å²) in [5, 5.41) is 6.42. The van der Waals surface area contributed by atoms with E-state index in [9.17, 15) is 13.2 Å². The highest BCUT2D eigenvalue weighted by Gasteiger charge is 2.30. The van der Waals surface area contributed by atoms with Gasteiger partial charge in [-0.05, 0) is 42.7 Å². The predicted octanol–water partition coefficient (Wildman–Crippen LogP) is 3.77. The Hall–Kier alpha value is -2.52. The van der Waals surface area contributed by atoms with Crippen molar-refractivity contribution in [1.29, 1.82) is 0 Å². The normalized spacial score (nSPS) is 17.1. The number of nitrogens with one attached hydrogen (secondary N) is 2. The van der Waals surface area contributed by atoms with Gasteiger partial charge in [0.2, 0.25) is 0 Å². The maximum atomic E-state index is 12.9. The van der Waals surface area contributed by atoms with Crippen LogP contribution in [-0.2, 0) is 28.6 Å². The molecule has 9 heteroatoms. The first kappa shape index (κ1) is 23.1. The van der Waals surface area contributed by atoms with E-state index in [0.29, 0.717) is 44.2 Å². The Balaban J connectivity index is 1.50. The van der Waals surface area contributed by atoms with Crippen LogP contribution in [0.1, 0.15) is 29.7 Å². The summed E-state index contributed by atoms with van der Waals surface area (Å²) in [4.78, 5) is 4.45. The number of rotatable bonds is 10. The minimum atomic E-state index is -4.37.